The highest BCUT2D eigenvalue weighted by Gasteiger charge is 2.10. The third-order valence-corrected chi connectivity index (χ3v) is 3.75. The first-order chi connectivity index (χ1) is 8.74. The summed E-state index contributed by atoms with van der Waals surface area (Å²) < 4.78 is 0. The molecule has 0 aromatic heterocycles. The first kappa shape index (κ1) is 11.5. The van der Waals surface area contributed by atoms with E-state index in [0.29, 0.717) is 5.92 Å². The molecule has 92 valence electrons. The van der Waals surface area contributed by atoms with E-state index in [4.69, 9.17) is 0 Å². The molecular weight excluding hydrogens is 218 g/mol. The van der Waals surface area contributed by atoms with Gasteiger partial charge < -0.3 is 5.32 Å². The summed E-state index contributed by atoms with van der Waals surface area (Å²) in [6.45, 7) is 6.49. The summed E-state index contributed by atoms with van der Waals surface area (Å²) in [4.78, 5) is 0. The molecule has 1 aliphatic heterocycles. The predicted octanol–water partition coefficient (Wildman–Crippen LogP) is 4.08. The summed E-state index contributed by atoms with van der Waals surface area (Å²) in [6.07, 6.45) is 0. The van der Waals surface area contributed by atoms with Crippen LogP contribution in [0.4, 0.5) is 0 Å². The molecule has 0 saturated heterocycles. The van der Waals surface area contributed by atoms with Gasteiger partial charge in [0.25, 0.3) is 0 Å². The molecule has 2 aromatic carbocycles. The predicted molar refractivity (Wildman–Crippen MR) is 76.5 cm³/mol. The van der Waals surface area contributed by atoms with E-state index in [1.54, 1.807) is 0 Å². The summed E-state index contributed by atoms with van der Waals surface area (Å²) in [5, 5.41) is 3.39. The van der Waals surface area contributed by atoms with Crippen LogP contribution in [0.2, 0.25) is 0 Å². The molecule has 3 rings (SSSR count). The lowest BCUT2D eigenvalue weighted by Gasteiger charge is -2.08. The molecule has 2 aromatic rings. The average molecular weight is 237 g/mol. The van der Waals surface area contributed by atoms with E-state index in [1.165, 1.54) is 27.8 Å². The van der Waals surface area contributed by atoms with Crippen LogP contribution in [-0.2, 0) is 13.1 Å². The van der Waals surface area contributed by atoms with E-state index in [0.717, 1.165) is 13.1 Å². The van der Waals surface area contributed by atoms with E-state index < -0.39 is 0 Å². The fourth-order valence-electron chi connectivity index (χ4n) is 2.53. The fraction of sp³-hybridized carbons (Fsp3) is 0.294. The molecule has 0 bridgehead atoms. The number of benzene rings is 2. The summed E-state index contributed by atoms with van der Waals surface area (Å²) in [5.74, 6) is 0.600. The Bertz CT molecular complexity index is 552. The Hall–Kier alpha value is -1.60. The van der Waals surface area contributed by atoms with Crippen molar-refractivity contribution in [3.05, 3.63) is 59.2 Å². The van der Waals surface area contributed by atoms with E-state index >= 15 is 0 Å². The smallest absolute Gasteiger partial charge is 0.0212 e. The van der Waals surface area contributed by atoms with Crippen molar-refractivity contribution >= 4 is 0 Å². The van der Waals surface area contributed by atoms with Crippen LogP contribution in [0.5, 0.6) is 0 Å². The zero-order valence-electron chi connectivity index (χ0n) is 11.0. The minimum Gasteiger partial charge on any atom is -0.309 e. The molecule has 0 atom stereocenters. The molecule has 0 fully saturated rings. The zero-order chi connectivity index (χ0) is 12.5. The van der Waals surface area contributed by atoms with Gasteiger partial charge in [0.2, 0.25) is 0 Å². The monoisotopic (exact) mass is 237 g/mol. The van der Waals surface area contributed by atoms with Crippen molar-refractivity contribution in [3.8, 4) is 11.1 Å². The third kappa shape index (κ3) is 2.06. The van der Waals surface area contributed by atoms with Gasteiger partial charge in [-0.25, -0.2) is 0 Å². The summed E-state index contributed by atoms with van der Waals surface area (Å²) in [5.41, 5.74) is 6.93. The first-order valence-corrected chi connectivity index (χ1v) is 6.67. The van der Waals surface area contributed by atoms with Gasteiger partial charge in [0.15, 0.2) is 0 Å². The second kappa shape index (κ2) is 4.58. The molecule has 0 radical (unpaired) electrons. The fourth-order valence-corrected chi connectivity index (χ4v) is 2.53. The van der Waals surface area contributed by atoms with Crippen LogP contribution in [0, 0.1) is 0 Å². The number of nitrogens with one attached hydrogen (secondary N) is 1. The maximum atomic E-state index is 3.39. The van der Waals surface area contributed by atoms with Gasteiger partial charge in [0, 0.05) is 13.1 Å². The number of hydrogen-bond donors (Lipinski definition) is 1. The van der Waals surface area contributed by atoms with Gasteiger partial charge in [-0.15, -0.1) is 0 Å². The second-order valence-electron chi connectivity index (χ2n) is 5.36. The molecule has 0 saturated carbocycles. The Morgan fingerprint density at radius 1 is 0.833 bits per heavy atom. The molecule has 1 N–H and O–H groups in total. The van der Waals surface area contributed by atoms with Gasteiger partial charge in [-0.2, -0.15) is 0 Å². The van der Waals surface area contributed by atoms with E-state index in [1.807, 2.05) is 0 Å². The molecule has 0 amide bonds. The van der Waals surface area contributed by atoms with Crippen molar-refractivity contribution in [2.75, 3.05) is 0 Å². The number of hydrogen-bond acceptors (Lipinski definition) is 1. The lowest BCUT2D eigenvalue weighted by Crippen LogP contribution is -1.99. The molecule has 0 unspecified atom stereocenters. The van der Waals surface area contributed by atoms with Gasteiger partial charge in [0.1, 0.15) is 0 Å². The lowest BCUT2D eigenvalue weighted by atomic mass is 9.97. The zero-order valence-corrected chi connectivity index (χ0v) is 11.0. The largest absolute Gasteiger partial charge is 0.309 e. The van der Waals surface area contributed by atoms with Crippen molar-refractivity contribution < 1.29 is 0 Å². The molecular formula is C17H19N. The van der Waals surface area contributed by atoms with Crippen LogP contribution in [0.15, 0.2) is 42.5 Å². The van der Waals surface area contributed by atoms with Crippen molar-refractivity contribution in [2.24, 2.45) is 0 Å². The van der Waals surface area contributed by atoms with Crippen molar-refractivity contribution in [3.63, 3.8) is 0 Å². The van der Waals surface area contributed by atoms with Crippen LogP contribution in [0.3, 0.4) is 0 Å². The summed E-state index contributed by atoms with van der Waals surface area (Å²) in [7, 11) is 0. The van der Waals surface area contributed by atoms with Crippen LogP contribution in [0.25, 0.3) is 11.1 Å². The quantitative estimate of drug-likeness (QED) is 0.830. The second-order valence-corrected chi connectivity index (χ2v) is 5.36. The van der Waals surface area contributed by atoms with Gasteiger partial charge in [0.05, 0.1) is 0 Å². The highest BCUT2D eigenvalue weighted by Crippen LogP contribution is 2.26. The van der Waals surface area contributed by atoms with Gasteiger partial charge >= 0.3 is 0 Å². The van der Waals surface area contributed by atoms with E-state index in [-0.39, 0.29) is 0 Å². The van der Waals surface area contributed by atoms with Crippen molar-refractivity contribution in [2.45, 2.75) is 32.9 Å². The molecule has 1 heteroatoms. The number of fused-ring (bicyclic) bond motifs is 1. The van der Waals surface area contributed by atoms with E-state index in [9.17, 15) is 0 Å². The SMILES string of the molecule is CC(C)c1ccc(-c2ccc3c(c2)CNC3)cc1. The maximum Gasteiger partial charge on any atom is 0.0212 e. The Kier molecular flexibility index (Phi) is 2.92. The van der Waals surface area contributed by atoms with Gasteiger partial charge in [-0.1, -0.05) is 50.2 Å². The Balaban J connectivity index is 1.95. The topological polar surface area (TPSA) is 12.0 Å². The normalized spacial score (nSPS) is 13.9. The average Bonchev–Trinajstić information content (AvgIpc) is 2.86. The third-order valence-electron chi connectivity index (χ3n) is 3.75. The molecule has 1 nitrogen and oxygen atoms in total. The number of rotatable bonds is 2. The van der Waals surface area contributed by atoms with Gasteiger partial charge in [-0.05, 0) is 39.8 Å². The minimum absolute atomic E-state index is 0.600. The molecule has 18 heavy (non-hydrogen) atoms. The maximum absolute atomic E-state index is 3.39. The highest BCUT2D eigenvalue weighted by molar-refractivity contribution is 5.65. The molecule has 1 heterocycles. The van der Waals surface area contributed by atoms with Crippen molar-refractivity contribution in [1.82, 2.24) is 5.32 Å². The molecule has 0 aliphatic carbocycles. The highest BCUT2D eigenvalue weighted by atomic mass is 14.9. The minimum atomic E-state index is 0.600. The molecule has 1 aliphatic rings. The first-order valence-electron chi connectivity index (χ1n) is 6.67. The van der Waals surface area contributed by atoms with Gasteiger partial charge in [-0.3, -0.25) is 0 Å². The Labute approximate surface area is 109 Å². The van der Waals surface area contributed by atoms with Crippen LogP contribution in [0.1, 0.15) is 36.5 Å². The lowest BCUT2D eigenvalue weighted by molar-refractivity contribution is 0.765. The van der Waals surface area contributed by atoms with Crippen LogP contribution >= 0.6 is 0 Å². The van der Waals surface area contributed by atoms with Crippen molar-refractivity contribution in [1.29, 1.82) is 0 Å². The summed E-state index contributed by atoms with van der Waals surface area (Å²) in [6, 6.07) is 15.8. The Morgan fingerprint density at radius 2 is 1.50 bits per heavy atom. The standard InChI is InChI=1S/C17H19N/c1-12(2)13-3-5-14(6-4-13)15-7-8-16-10-18-11-17(16)9-15/h3-9,12,18H,10-11H2,1-2H3. The van der Waals surface area contributed by atoms with Crippen LogP contribution in [-0.4, -0.2) is 0 Å². The molecule has 0 spiro atoms. The Morgan fingerprint density at radius 3 is 2.22 bits per heavy atom. The van der Waals surface area contributed by atoms with E-state index in [2.05, 4.69) is 61.6 Å². The summed E-state index contributed by atoms with van der Waals surface area (Å²) >= 11 is 0. The van der Waals surface area contributed by atoms with Crippen LogP contribution < -0.4 is 5.32 Å².